The maximum Gasteiger partial charge on any atom is 0.419 e. The molecular formula is C13H13F3O3. The Hall–Kier alpha value is -1.72. The van der Waals surface area contributed by atoms with E-state index in [1.807, 2.05) is 0 Å². The summed E-state index contributed by atoms with van der Waals surface area (Å²) in [6.45, 7) is 0. The number of methoxy groups -OCH3 is 1. The van der Waals surface area contributed by atoms with Gasteiger partial charge in [0.15, 0.2) is 0 Å². The van der Waals surface area contributed by atoms with Crippen LogP contribution in [0.25, 0.3) is 0 Å². The number of rotatable bonds is 4. The van der Waals surface area contributed by atoms with Crippen molar-refractivity contribution in [2.45, 2.75) is 24.9 Å². The molecule has 1 fully saturated rings. The highest BCUT2D eigenvalue weighted by atomic mass is 19.4. The Morgan fingerprint density at radius 1 is 1.42 bits per heavy atom. The lowest BCUT2D eigenvalue weighted by atomic mass is 9.92. The van der Waals surface area contributed by atoms with Crippen molar-refractivity contribution >= 4 is 5.97 Å². The molecule has 0 spiro atoms. The predicted molar refractivity (Wildman–Crippen MR) is 61.1 cm³/mol. The number of carboxylic acids is 1. The predicted octanol–water partition coefficient (Wildman–Crippen LogP) is 3.29. The topological polar surface area (TPSA) is 46.5 Å². The third kappa shape index (κ3) is 2.83. The zero-order chi connectivity index (χ0) is 14.2. The molecule has 19 heavy (non-hydrogen) atoms. The van der Waals surface area contributed by atoms with Gasteiger partial charge in [-0.05, 0) is 36.5 Å². The van der Waals surface area contributed by atoms with E-state index in [2.05, 4.69) is 4.74 Å². The molecule has 1 atom stereocenters. The molecule has 0 heterocycles. The Morgan fingerprint density at radius 2 is 2.05 bits per heavy atom. The SMILES string of the molecule is COc1ccc(C(C(=O)O)C2CC2)cc1C(F)(F)F. The summed E-state index contributed by atoms with van der Waals surface area (Å²) in [6.07, 6.45) is -3.08. The average molecular weight is 274 g/mol. The molecule has 6 heteroatoms. The van der Waals surface area contributed by atoms with Crippen LogP contribution in [0.2, 0.25) is 0 Å². The summed E-state index contributed by atoms with van der Waals surface area (Å²) in [7, 11) is 1.15. The lowest BCUT2D eigenvalue weighted by Gasteiger charge is -2.17. The van der Waals surface area contributed by atoms with Gasteiger partial charge in [-0.25, -0.2) is 0 Å². The number of hydrogen-bond donors (Lipinski definition) is 1. The number of alkyl halides is 3. The molecule has 0 aliphatic heterocycles. The smallest absolute Gasteiger partial charge is 0.419 e. The molecule has 104 valence electrons. The van der Waals surface area contributed by atoms with E-state index in [1.54, 1.807) is 0 Å². The van der Waals surface area contributed by atoms with Crippen LogP contribution >= 0.6 is 0 Å². The minimum Gasteiger partial charge on any atom is -0.496 e. The van der Waals surface area contributed by atoms with Crippen LogP contribution in [-0.2, 0) is 11.0 Å². The second-order valence-corrected chi connectivity index (χ2v) is 4.61. The van der Waals surface area contributed by atoms with Crippen LogP contribution in [0.15, 0.2) is 18.2 Å². The normalized spacial score (nSPS) is 17.1. The number of aliphatic carboxylic acids is 1. The van der Waals surface area contributed by atoms with Crippen molar-refractivity contribution in [3.05, 3.63) is 29.3 Å². The Labute approximate surface area is 108 Å². The van der Waals surface area contributed by atoms with Gasteiger partial charge in [0.25, 0.3) is 0 Å². The molecule has 1 N–H and O–H groups in total. The molecule has 1 saturated carbocycles. The largest absolute Gasteiger partial charge is 0.496 e. The van der Waals surface area contributed by atoms with Crippen molar-refractivity contribution in [3.63, 3.8) is 0 Å². The Bertz CT molecular complexity index is 492. The molecule has 0 saturated heterocycles. The fourth-order valence-electron chi connectivity index (χ4n) is 2.19. The lowest BCUT2D eigenvalue weighted by molar-refractivity contribution is -0.141. The molecule has 0 bridgehead atoms. The number of hydrogen-bond acceptors (Lipinski definition) is 2. The molecule has 3 nitrogen and oxygen atoms in total. The van der Waals surface area contributed by atoms with Gasteiger partial charge in [-0.1, -0.05) is 6.07 Å². The standard InChI is InChI=1S/C13H13F3O3/c1-19-10-5-4-8(6-9(10)13(14,15)16)11(12(17)18)7-2-3-7/h4-7,11H,2-3H2,1H3,(H,17,18). The van der Waals surface area contributed by atoms with Gasteiger partial charge in [0.1, 0.15) is 5.75 Å². The fourth-order valence-corrected chi connectivity index (χ4v) is 2.19. The monoisotopic (exact) mass is 274 g/mol. The second kappa shape index (κ2) is 4.75. The molecule has 0 amide bonds. The number of benzene rings is 1. The minimum atomic E-state index is -4.56. The van der Waals surface area contributed by atoms with E-state index < -0.39 is 23.6 Å². The highest BCUT2D eigenvalue weighted by Crippen LogP contribution is 2.45. The number of ether oxygens (including phenoxy) is 1. The molecule has 0 radical (unpaired) electrons. The van der Waals surface area contributed by atoms with E-state index in [9.17, 15) is 18.0 Å². The van der Waals surface area contributed by atoms with Crippen molar-refractivity contribution in [1.82, 2.24) is 0 Å². The van der Waals surface area contributed by atoms with Gasteiger partial charge in [0.2, 0.25) is 0 Å². The van der Waals surface area contributed by atoms with Gasteiger partial charge in [0.05, 0.1) is 18.6 Å². The van der Waals surface area contributed by atoms with Crippen LogP contribution < -0.4 is 4.74 Å². The summed E-state index contributed by atoms with van der Waals surface area (Å²) >= 11 is 0. The highest BCUT2D eigenvalue weighted by molar-refractivity contribution is 5.77. The lowest BCUT2D eigenvalue weighted by Crippen LogP contribution is -2.15. The van der Waals surface area contributed by atoms with Gasteiger partial charge >= 0.3 is 12.1 Å². The first-order chi connectivity index (χ1) is 8.84. The minimum absolute atomic E-state index is 0.0630. The van der Waals surface area contributed by atoms with E-state index in [0.29, 0.717) is 0 Å². The number of carbonyl (C=O) groups is 1. The first kappa shape index (κ1) is 13.7. The summed E-state index contributed by atoms with van der Waals surface area (Å²) < 4.78 is 43.3. The first-order valence-corrected chi connectivity index (χ1v) is 5.82. The molecule has 2 rings (SSSR count). The molecule has 1 aliphatic carbocycles. The zero-order valence-electron chi connectivity index (χ0n) is 10.2. The molecule has 1 aliphatic rings. The van der Waals surface area contributed by atoms with Crippen molar-refractivity contribution in [1.29, 1.82) is 0 Å². The van der Waals surface area contributed by atoms with Crippen LogP contribution in [0.1, 0.15) is 29.9 Å². The quantitative estimate of drug-likeness (QED) is 0.916. The van der Waals surface area contributed by atoms with Crippen LogP contribution in [0.5, 0.6) is 5.75 Å². The summed E-state index contributed by atoms with van der Waals surface area (Å²) in [5.74, 6) is -2.31. The van der Waals surface area contributed by atoms with Crippen LogP contribution in [-0.4, -0.2) is 18.2 Å². The van der Waals surface area contributed by atoms with Crippen molar-refractivity contribution in [2.75, 3.05) is 7.11 Å². The Morgan fingerprint density at radius 3 is 2.47 bits per heavy atom. The van der Waals surface area contributed by atoms with Gasteiger partial charge in [-0.15, -0.1) is 0 Å². The molecule has 1 aromatic carbocycles. The molecule has 1 aromatic rings. The van der Waals surface area contributed by atoms with Gasteiger partial charge in [-0.2, -0.15) is 13.2 Å². The Balaban J connectivity index is 2.44. The summed E-state index contributed by atoms with van der Waals surface area (Å²) in [5.41, 5.74) is -0.748. The Kier molecular flexibility index (Phi) is 3.43. The third-order valence-electron chi connectivity index (χ3n) is 3.25. The fraction of sp³-hybridized carbons (Fsp3) is 0.462. The maximum atomic E-state index is 12.9. The van der Waals surface area contributed by atoms with Gasteiger partial charge in [0, 0.05) is 0 Å². The summed E-state index contributed by atoms with van der Waals surface area (Å²) in [4.78, 5) is 11.2. The van der Waals surface area contributed by atoms with Gasteiger partial charge in [-0.3, -0.25) is 4.79 Å². The molecular weight excluding hydrogens is 261 g/mol. The average Bonchev–Trinajstić information content (AvgIpc) is 3.12. The van der Waals surface area contributed by atoms with Crippen molar-refractivity contribution < 1.29 is 27.8 Å². The third-order valence-corrected chi connectivity index (χ3v) is 3.25. The molecule has 0 aromatic heterocycles. The second-order valence-electron chi connectivity index (χ2n) is 4.61. The van der Waals surface area contributed by atoms with E-state index in [-0.39, 0.29) is 17.2 Å². The highest BCUT2D eigenvalue weighted by Gasteiger charge is 2.40. The van der Waals surface area contributed by atoms with Crippen molar-refractivity contribution in [2.24, 2.45) is 5.92 Å². The van der Waals surface area contributed by atoms with Crippen LogP contribution in [0.3, 0.4) is 0 Å². The van der Waals surface area contributed by atoms with Crippen LogP contribution in [0.4, 0.5) is 13.2 Å². The maximum absolute atomic E-state index is 12.9. The van der Waals surface area contributed by atoms with Crippen LogP contribution in [0, 0.1) is 5.92 Å². The van der Waals surface area contributed by atoms with Crippen molar-refractivity contribution in [3.8, 4) is 5.75 Å². The van der Waals surface area contributed by atoms with Gasteiger partial charge < -0.3 is 9.84 Å². The summed E-state index contributed by atoms with van der Waals surface area (Å²) in [6, 6.07) is 3.46. The van der Waals surface area contributed by atoms with E-state index in [4.69, 9.17) is 5.11 Å². The van der Waals surface area contributed by atoms with E-state index in [1.165, 1.54) is 12.1 Å². The molecule has 1 unspecified atom stereocenters. The van der Waals surface area contributed by atoms with E-state index >= 15 is 0 Å². The summed E-state index contributed by atoms with van der Waals surface area (Å²) in [5, 5.41) is 9.14. The first-order valence-electron chi connectivity index (χ1n) is 5.82. The van der Waals surface area contributed by atoms with E-state index in [0.717, 1.165) is 26.0 Å². The zero-order valence-corrected chi connectivity index (χ0v) is 10.2. The number of carboxylic acid groups (broad SMARTS) is 1. The number of halogens is 3.